The van der Waals surface area contributed by atoms with Crippen molar-refractivity contribution in [2.75, 3.05) is 5.32 Å². The van der Waals surface area contributed by atoms with E-state index >= 15 is 0 Å². The van der Waals surface area contributed by atoms with Crippen molar-refractivity contribution in [3.8, 4) is 5.75 Å². The Kier molecular flexibility index (Phi) is 6.42. The second-order valence-corrected chi connectivity index (χ2v) is 5.93. The molecule has 2 aromatic rings. The van der Waals surface area contributed by atoms with E-state index in [1.807, 2.05) is 38.1 Å². The Morgan fingerprint density at radius 1 is 1.00 bits per heavy atom. The summed E-state index contributed by atoms with van der Waals surface area (Å²) >= 11 is 0. The highest BCUT2D eigenvalue weighted by atomic mass is 16.5. The molecule has 0 saturated heterocycles. The molecule has 0 aliphatic heterocycles. The van der Waals surface area contributed by atoms with Crippen molar-refractivity contribution in [3.63, 3.8) is 0 Å². The Labute approximate surface area is 145 Å². The fraction of sp³-hybridized carbons (Fsp3) is 0.381. The Morgan fingerprint density at radius 3 is 2.17 bits per heavy atom. The number of anilines is 1. The first kappa shape index (κ1) is 18.1. The number of hydrogen-bond acceptors (Lipinski definition) is 2. The highest BCUT2D eigenvalue weighted by Gasteiger charge is 2.21. The van der Waals surface area contributed by atoms with Gasteiger partial charge in [-0.1, -0.05) is 57.2 Å². The SMILES string of the molecule is CCc1cccc(CC)c1NC(=O)[C@H](CC)Oc1ccccc1C. The van der Waals surface area contributed by atoms with Crippen LogP contribution in [0.4, 0.5) is 5.69 Å². The zero-order valence-electron chi connectivity index (χ0n) is 15.1. The predicted octanol–water partition coefficient (Wildman–Crippen LogP) is 4.92. The molecule has 0 bridgehead atoms. The summed E-state index contributed by atoms with van der Waals surface area (Å²) in [7, 11) is 0. The number of para-hydroxylation sites is 2. The van der Waals surface area contributed by atoms with Crippen LogP contribution >= 0.6 is 0 Å². The van der Waals surface area contributed by atoms with E-state index in [1.54, 1.807) is 0 Å². The first-order valence-corrected chi connectivity index (χ1v) is 8.74. The Bertz CT molecular complexity index is 672. The van der Waals surface area contributed by atoms with Gasteiger partial charge in [-0.3, -0.25) is 4.79 Å². The number of ether oxygens (including phenoxy) is 1. The van der Waals surface area contributed by atoms with Crippen LogP contribution in [-0.4, -0.2) is 12.0 Å². The molecule has 0 unspecified atom stereocenters. The molecule has 3 heteroatoms. The highest BCUT2D eigenvalue weighted by Crippen LogP contribution is 2.24. The third kappa shape index (κ3) is 4.16. The van der Waals surface area contributed by atoms with E-state index in [1.165, 1.54) is 0 Å². The number of benzene rings is 2. The van der Waals surface area contributed by atoms with E-state index in [4.69, 9.17) is 4.74 Å². The third-order valence-corrected chi connectivity index (χ3v) is 4.27. The molecule has 2 aromatic carbocycles. The molecule has 0 radical (unpaired) electrons. The van der Waals surface area contributed by atoms with Crippen LogP contribution in [0, 0.1) is 6.92 Å². The topological polar surface area (TPSA) is 38.3 Å². The molecule has 1 amide bonds. The minimum Gasteiger partial charge on any atom is -0.480 e. The zero-order chi connectivity index (χ0) is 17.5. The summed E-state index contributed by atoms with van der Waals surface area (Å²) in [6.45, 7) is 8.16. The first-order valence-electron chi connectivity index (χ1n) is 8.74. The second kappa shape index (κ2) is 8.53. The van der Waals surface area contributed by atoms with Gasteiger partial charge in [-0.15, -0.1) is 0 Å². The second-order valence-electron chi connectivity index (χ2n) is 5.93. The molecule has 0 aliphatic rings. The van der Waals surface area contributed by atoms with E-state index in [-0.39, 0.29) is 5.91 Å². The lowest BCUT2D eigenvalue weighted by Crippen LogP contribution is -2.33. The summed E-state index contributed by atoms with van der Waals surface area (Å²) in [5.74, 6) is 0.676. The fourth-order valence-corrected chi connectivity index (χ4v) is 2.77. The van der Waals surface area contributed by atoms with Crippen LogP contribution in [0.5, 0.6) is 5.75 Å². The monoisotopic (exact) mass is 325 g/mol. The van der Waals surface area contributed by atoms with Gasteiger partial charge in [0.25, 0.3) is 5.91 Å². The van der Waals surface area contributed by atoms with Gasteiger partial charge in [0, 0.05) is 5.69 Å². The molecule has 128 valence electrons. The average Bonchev–Trinajstić information content (AvgIpc) is 2.61. The summed E-state index contributed by atoms with van der Waals surface area (Å²) in [6, 6.07) is 14.0. The molecule has 0 fully saturated rings. The molecule has 0 spiro atoms. The molecule has 1 N–H and O–H groups in total. The minimum atomic E-state index is -0.499. The Balaban J connectivity index is 2.20. The summed E-state index contributed by atoms with van der Waals surface area (Å²) in [4.78, 5) is 12.8. The van der Waals surface area contributed by atoms with E-state index in [9.17, 15) is 4.79 Å². The van der Waals surface area contributed by atoms with E-state index < -0.39 is 6.10 Å². The van der Waals surface area contributed by atoms with Crippen molar-refractivity contribution in [3.05, 3.63) is 59.2 Å². The lowest BCUT2D eigenvalue weighted by atomic mass is 10.0. The third-order valence-electron chi connectivity index (χ3n) is 4.27. The van der Waals surface area contributed by atoms with Crippen molar-refractivity contribution in [1.82, 2.24) is 0 Å². The van der Waals surface area contributed by atoms with Crippen LogP contribution in [-0.2, 0) is 17.6 Å². The number of carbonyl (C=O) groups is 1. The van der Waals surface area contributed by atoms with Crippen molar-refractivity contribution in [2.45, 2.75) is 53.1 Å². The number of aryl methyl sites for hydroxylation is 3. The van der Waals surface area contributed by atoms with E-state index in [0.717, 1.165) is 41.0 Å². The quantitative estimate of drug-likeness (QED) is 0.785. The van der Waals surface area contributed by atoms with Crippen molar-refractivity contribution < 1.29 is 9.53 Å². The summed E-state index contributed by atoms with van der Waals surface area (Å²) < 4.78 is 5.96. The fourth-order valence-electron chi connectivity index (χ4n) is 2.77. The normalized spacial score (nSPS) is 11.8. The predicted molar refractivity (Wildman–Crippen MR) is 99.7 cm³/mol. The standard InChI is InChI=1S/C21H27NO2/c1-5-16-12-10-13-17(6-2)20(16)22-21(23)18(7-3)24-19-14-9-8-11-15(19)4/h8-14,18H,5-7H2,1-4H3,(H,22,23)/t18-/m0/s1. The van der Waals surface area contributed by atoms with Crippen molar-refractivity contribution >= 4 is 11.6 Å². The molecular weight excluding hydrogens is 298 g/mol. The number of amides is 1. The maximum atomic E-state index is 12.8. The van der Waals surface area contributed by atoms with Crippen molar-refractivity contribution in [1.29, 1.82) is 0 Å². The van der Waals surface area contributed by atoms with Crippen LogP contribution in [0.25, 0.3) is 0 Å². The smallest absolute Gasteiger partial charge is 0.265 e. The van der Waals surface area contributed by atoms with E-state index in [0.29, 0.717) is 6.42 Å². The van der Waals surface area contributed by atoms with Crippen LogP contribution < -0.4 is 10.1 Å². The molecule has 0 aliphatic carbocycles. The van der Waals surface area contributed by atoms with Gasteiger partial charge in [0.15, 0.2) is 6.10 Å². The largest absolute Gasteiger partial charge is 0.480 e. The first-order chi connectivity index (χ1) is 11.6. The van der Waals surface area contributed by atoms with Crippen molar-refractivity contribution in [2.24, 2.45) is 0 Å². The van der Waals surface area contributed by atoms with Gasteiger partial charge < -0.3 is 10.1 Å². The lowest BCUT2D eigenvalue weighted by Gasteiger charge is -2.21. The average molecular weight is 325 g/mol. The molecule has 0 aromatic heterocycles. The highest BCUT2D eigenvalue weighted by molar-refractivity contribution is 5.95. The molecule has 0 heterocycles. The number of nitrogens with one attached hydrogen (secondary N) is 1. The molecule has 3 nitrogen and oxygen atoms in total. The Hall–Kier alpha value is -2.29. The van der Waals surface area contributed by atoms with E-state index in [2.05, 4.69) is 37.4 Å². The van der Waals surface area contributed by atoms with Gasteiger partial charge in [0.05, 0.1) is 0 Å². The summed E-state index contributed by atoms with van der Waals surface area (Å²) in [5, 5.41) is 3.11. The number of carbonyl (C=O) groups excluding carboxylic acids is 1. The zero-order valence-corrected chi connectivity index (χ0v) is 15.1. The van der Waals surface area contributed by atoms with Crippen LogP contribution in [0.2, 0.25) is 0 Å². The molecule has 24 heavy (non-hydrogen) atoms. The summed E-state index contributed by atoms with van der Waals surface area (Å²) in [6.07, 6.45) is 1.90. The van der Waals surface area contributed by atoms with Gasteiger partial charge in [-0.25, -0.2) is 0 Å². The molecular formula is C21H27NO2. The molecule has 2 rings (SSSR count). The van der Waals surface area contributed by atoms with Gasteiger partial charge >= 0.3 is 0 Å². The van der Waals surface area contributed by atoms with Gasteiger partial charge in [0.1, 0.15) is 5.75 Å². The molecule has 1 atom stereocenters. The van der Waals surface area contributed by atoms with Crippen LogP contribution in [0.15, 0.2) is 42.5 Å². The maximum absolute atomic E-state index is 12.8. The van der Waals surface area contributed by atoms with Gasteiger partial charge in [-0.05, 0) is 48.9 Å². The summed E-state index contributed by atoms with van der Waals surface area (Å²) in [5.41, 5.74) is 4.30. The minimum absolute atomic E-state index is 0.0867. The lowest BCUT2D eigenvalue weighted by molar-refractivity contribution is -0.122. The van der Waals surface area contributed by atoms with Gasteiger partial charge in [-0.2, -0.15) is 0 Å². The van der Waals surface area contributed by atoms with Gasteiger partial charge in [0.2, 0.25) is 0 Å². The van der Waals surface area contributed by atoms with Crippen LogP contribution in [0.1, 0.15) is 43.9 Å². The number of hydrogen-bond donors (Lipinski definition) is 1. The Morgan fingerprint density at radius 2 is 1.62 bits per heavy atom. The van der Waals surface area contributed by atoms with Crippen LogP contribution in [0.3, 0.4) is 0 Å². The molecule has 0 saturated carbocycles. The maximum Gasteiger partial charge on any atom is 0.265 e. The number of rotatable bonds is 7.